The van der Waals surface area contributed by atoms with Crippen LogP contribution in [-0.2, 0) is 0 Å². The molecule has 0 fully saturated rings. The average Bonchev–Trinajstić information content (AvgIpc) is 2.34. The van der Waals surface area contributed by atoms with E-state index in [0.717, 1.165) is 10.5 Å². The van der Waals surface area contributed by atoms with Gasteiger partial charge in [0.25, 0.3) is 0 Å². The molecule has 18 heavy (non-hydrogen) atoms. The number of aliphatic hydroxyl groups excluding tert-OH is 1. The van der Waals surface area contributed by atoms with Crippen molar-refractivity contribution < 1.29 is 9.50 Å². The second-order valence-corrected chi connectivity index (χ2v) is 5.32. The van der Waals surface area contributed by atoms with E-state index in [1.165, 1.54) is 17.8 Å². The quantitative estimate of drug-likeness (QED) is 0.888. The van der Waals surface area contributed by atoms with Crippen molar-refractivity contribution in [2.75, 3.05) is 0 Å². The van der Waals surface area contributed by atoms with E-state index in [4.69, 9.17) is 0 Å². The molecule has 2 aromatic rings. The molecule has 0 saturated carbocycles. The summed E-state index contributed by atoms with van der Waals surface area (Å²) in [6, 6.07) is 12.8. The molecule has 0 aliphatic carbocycles. The highest BCUT2D eigenvalue weighted by atomic mass is 32.2. The Bertz CT molecular complexity index is 552. The molecule has 1 nitrogen and oxygen atoms in total. The highest BCUT2D eigenvalue weighted by Crippen LogP contribution is 2.32. The van der Waals surface area contributed by atoms with Crippen molar-refractivity contribution in [1.82, 2.24) is 0 Å². The fourth-order valence-corrected chi connectivity index (χ4v) is 2.55. The molecule has 1 atom stereocenters. The van der Waals surface area contributed by atoms with Gasteiger partial charge in [-0.2, -0.15) is 0 Å². The first-order valence-corrected chi connectivity index (χ1v) is 6.60. The second kappa shape index (κ2) is 5.55. The number of hydrogen-bond acceptors (Lipinski definition) is 2. The topological polar surface area (TPSA) is 20.2 Å². The predicted octanol–water partition coefficient (Wildman–Crippen LogP) is 4.34. The molecule has 0 radical (unpaired) electrons. The Morgan fingerprint density at radius 1 is 1.11 bits per heavy atom. The van der Waals surface area contributed by atoms with Gasteiger partial charge in [-0.1, -0.05) is 36.0 Å². The van der Waals surface area contributed by atoms with Crippen LogP contribution in [0, 0.1) is 12.7 Å². The summed E-state index contributed by atoms with van der Waals surface area (Å²) < 4.78 is 13.9. The zero-order valence-corrected chi connectivity index (χ0v) is 11.2. The Morgan fingerprint density at radius 3 is 2.44 bits per heavy atom. The number of halogens is 1. The summed E-state index contributed by atoms with van der Waals surface area (Å²) in [5, 5.41) is 9.40. The van der Waals surface area contributed by atoms with Crippen LogP contribution in [0.4, 0.5) is 4.39 Å². The van der Waals surface area contributed by atoms with Gasteiger partial charge in [-0.25, -0.2) is 4.39 Å². The summed E-state index contributed by atoms with van der Waals surface area (Å²) in [5.41, 5.74) is 1.73. The lowest BCUT2D eigenvalue weighted by molar-refractivity contribution is 0.198. The van der Waals surface area contributed by atoms with E-state index < -0.39 is 6.10 Å². The van der Waals surface area contributed by atoms with E-state index in [9.17, 15) is 9.50 Å². The van der Waals surface area contributed by atoms with E-state index >= 15 is 0 Å². The summed E-state index contributed by atoms with van der Waals surface area (Å²) in [4.78, 5) is 1.62. The minimum absolute atomic E-state index is 0.290. The molecule has 94 valence electrons. The van der Waals surface area contributed by atoms with Crippen molar-refractivity contribution in [1.29, 1.82) is 0 Å². The first kappa shape index (κ1) is 13.1. The van der Waals surface area contributed by atoms with Crippen LogP contribution in [-0.4, -0.2) is 5.11 Å². The molecule has 0 heterocycles. The van der Waals surface area contributed by atoms with Crippen molar-refractivity contribution in [2.45, 2.75) is 29.7 Å². The van der Waals surface area contributed by atoms with Crippen LogP contribution < -0.4 is 0 Å². The van der Waals surface area contributed by atoms with Crippen LogP contribution >= 0.6 is 11.8 Å². The van der Waals surface area contributed by atoms with Gasteiger partial charge >= 0.3 is 0 Å². The fourth-order valence-electron chi connectivity index (χ4n) is 1.65. The van der Waals surface area contributed by atoms with Gasteiger partial charge in [0.2, 0.25) is 0 Å². The first-order valence-electron chi connectivity index (χ1n) is 5.79. The minimum atomic E-state index is -0.642. The van der Waals surface area contributed by atoms with Gasteiger partial charge in [-0.15, -0.1) is 0 Å². The smallest absolute Gasteiger partial charge is 0.137 e. The minimum Gasteiger partial charge on any atom is -0.389 e. The molecule has 0 aliphatic heterocycles. The third-order valence-electron chi connectivity index (χ3n) is 2.75. The van der Waals surface area contributed by atoms with Gasteiger partial charge in [0.1, 0.15) is 5.82 Å². The van der Waals surface area contributed by atoms with Gasteiger partial charge < -0.3 is 5.11 Å². The monoisotopic (exact) mass is 262 g/mol. The highest BCUT2D eigenvalue weighted by molar-refractivity contribution is 7.99. The van der Waals surface area contributed by atoms with Crippen molar-refractivity contribution in [3.8, 4) is 0 Å². The Hall–Kier alpha value is -1.32. The van der Waals surface area contributed by atoms with Gasteiger partial charge in [0.15, 0.2) is 0 Å². The summed E-state index contributed by atoms with van der Waals surface area (Å²) in [6.07, 6.45) is -0.642. The van der Waals surface area contributed by atoms with Crippen LogP contribution in [0.25, 0.3) is 0 Å². The molecule has 0 saturated heterocycles. The Labute approximate surface area is 111 Å². The van der Waals surface area contributed by atoms with E-state index in [1.54, 1.807) is 19.1 Å². The molecular formula is C15H15FOS. The summed E-state index contributed by atoms with van der Waals surface area (Å²) in [6.45, 7) is 3.63. The lowest BCUT2D eigenvalue weighted by Gasteiger charge is -2.09. The number of benzene rings is 2. The van der Waals surface area contributed by atoms with Gasteiger partial charge in [-0.3, -0.25) is 0 Å². The van der Waals surface area contributed by atoms with Crippen LogP contribution in [0.1, 0.15) is 24.2 Å². The molecule has 3 heteroatoms. The lowest BCUT2D eigenvalue weighted by Crippen LogP contribution is -1.93. The van der Waals surface area contributed by atoms with Gasteiger partial charge in [0.05, 0.1) is 6.10 Å². The van der Waals surface area contributed by atoms with Crippen molar-refractivity contribution in [2.24, 2.45) is 0 Å². The third kappa shape index (κ3) is 2.92. The fraction of sp³-hybridized carbons (Fsp3) is 0.200. The molecule has 0 spiro atoms. The molecule has 0 aliphatic rings. The highest BCUT2D eigenvalue weighted by Gasteiger charge is 2.09. The SMILES string of the molecule is Cc1ccccc1Sc1ccc(C(C)O)cc1F. The third-order valence-corrected chi connectivity index (χ3v) is 3.98. The Balaban J connectivity index is 2.28. The summed E-state index contributed by atoms with van der Waals surface area (Å²) in [5.74, 6) is -0.290. The molecule has 2 rings (SSSR count). The van der Waals surface area contributed by atoms with Gasteiger partial charge in [0, 0.05) is 9.79 Å². The van der Waals surface area contributed by atoms with Gasteiger partial charge in [-0.05, 0) is 43.2 Å². The van der Waals surface area contributed by atoms with Crippen molar-refractivity contribution in [3.63, 3.8) is 0 Å². The Kier molecular flexibility index (Phi) is 4.04. The molecule has 0 bridgehead atoms. The number of aryl methyl sites for hydroxylation is 1. The average molecular weight is 262 g/mol. The predicted molar refractivity (Wildman–Crippen MR) is 72.3 cm³/mol. The summed E-state index contributed by atoms with van der Waals surface area (Å²) >= 11 is 1.40. The van der Waals surface area contributed by atoms with Crippen LogP contribution in [0.2, 0.25) is 0 Å². The normalized spacial score (nSPS) is 12.4. The number of rotatable bonds is 3. The standard InChI is InChI=1S/C15H15FOS/c1-10-5-3-4-6-14(10)18-15-8-7-12(11(2)17)9-13(15)16/h3-9,11,17H,1-2H3. The maximum Gasteiger partial charge on any atom is 0.137 e. The molecular weight excluding hydrogens is 247 g/mol. The maximum atomic E-state index is 13.9. The lowest BCUT2D eigenvalue weighted by atomic mass is 10.1. The van der Waals surface area contributed by atoms with Crippen LogP contribution in [0.5, 0.6) is 0 Å². The van der Waals surface area contributed by atoms with E-state index in [0.29, 0.717) is 10.5 Å². The van der Waals surface area contributed by atoms with E-state index in [-0.39, 0.29) is 5.82 Å². The number of hydrogen-bond donors (Lipinski definition) is 1. The van der Waals surface area contributed by atoms with Crippen LogP contribution in [0.3, 0.4) is 0 Å². The molecule has 1 N–H and O–H groups in total. The molecule has 0 aromatic heterocycles. The first-order chi connectivity index (χ1) is 8.58. The maximum absolute atomic E-state index is 13.9. The van der Waals surface area contributed by atoms with Crippen molar-refractivity contribution in [3.05, 3.63) is 59.4 Å². The zero-order chi connectivity index (χ0) is 13.1. The summed E-state index contributed by atoms with van der Waals surface area (Å²) in [7, 11) is 0. The Morgan fingerprint density at radius 2 is 1.83 bits per heavy atom. The largest absolute Gasteiger partial charge is 0.389 e. The second-order valence-electron chi connectivity index (χ2n) is 4.23. The van der Waals surface area contributed by atoms with E-state index in [1.807, 2.05) is 31.2 Å². The molecule has 0 amide bonds. The number of aliphatic hydroxyl groups is 1. The van der Waals surface area contributed by atoms with Crippen LogP contribution in [0.15, 0.2) is 52.3 Å². The molecule has 1 unspecified atom stereocenters. The zero-order valence-electron chi connectivity index (χ0n) is 10.4. The van der Waals surface area contributed by atoms with E-state index in [2.05, 4.69) is 0 Å². The van der Waals surface area contributed by atoms with Crippen molar-refractivity contribution >= 4 is 11.8 Å². The molecule has 2 aromatic carbocycles.